The van der Waals surface area contributed by atoms with Crippen LogP contribution in [-0.2, 0) is 6.54 Å². The van der Waals surface area contributed by atoms with Crippen LogP contribution in [0.3, 0.4) is 0 Å². The zero-order valence-corrected chi connectivity index (χ0v) is 11.0. The second-order valence-corrected chi connectivity index (χ2v) is 3.81. The molecule has 6 heteroatoms. The maximum atomic E-state index is 13.4. The average molecular weight is 287 g/mol. The first kappa shape index (κ1) is 15.3. The van der Waals surface area contributed by atoms with Gasteiger partial charge in [0.2, 0.25) is 11.7 Å². The van der Waals surface area contributed by atoms with Crippen molar-refractivity contribution in [1.29, 1.82) is 0 Å². The molecule has 0 aliphatic heterocycles. The summed E-state index contributed by atoms with van der Waals surface area (Å²) in [6.07, 6.45) is 1.56. The highest BCUT2D eigenvalue weighted by molar-refractivity contribution is 5.85. The molecule has 0 aliphatic carbocycles. The Morgan fingerprint density at radius 1 is 1.32 bits per heavy atom. The van der Waals surface area contributed by atoms with Crippen molar-refractivity contribution in [1.82, 2.24) is 4.98 Å². The lowest BCUT2D eigenvalue weighted by Crippen LogP contribution is -2.01. The second kappa shape index (κ2) is 6.45. The summed E-state index contributed by atoms with van der Waals surface area (Å²) in [6.45, 7) is 2.21. The van der Waals surface area contributed by atoms with Gasteiger partial charge in [-0.3, -0.25) is 0 Å². The molecule has 102 valence electrons. The fraction of sp³-hybridized carbons (Fsp3) is 0.154. The molecule has 2 rings (SSSR count). The van der Waals surface area contributed by atoms with Gasteiger partial charge in [-0.15, -0.1) is 12.4 Å². The molecule has 1 aromatic carbocycles. The molecule has 2 aromatic rings. The number of pyridine rings is 1. The zero-order valence-electron chi connectivity index (χ0n) is 10.2. The van der Waals surface area contributed by atoms with E-state index in [0.717, 1.165) is 17.2 Å². The SMILES string of the molecule is Cc1cc(Oc2cccc(F)c2F)ncc1CN.Cl. The Labute approximate surface area is 115 Å². The van der Waals surface area contributed by atoms with Crippen molar-refractivity contribution >= 4 is 12.4 Å². The van der Waals surface area contributed by atoms with Crippen molar-refractivity contribution in [3.05, 3.63) is 53.2 Å². The topological polar surface area (TPSA) is 48.1 Å². The number of aromatic nitrogens is 1. The Morgan fingerprint density at radius 3 is 2.68 bits per heavy atom. The molecule has 0 aliphatic rings. The van der Waals surface area contributed by atoms with Gasteiger partial charge in [0, 0.05) is 18.8 Å². The quantitative estimate of drug-likeness (QED) is 0.941. The van der Waals surface area contributed by atoms with Gasteiger partial charge in [-0.2, -0.15) is 4.39 Å². The van der Waals surface area contributed by atoms with Crippen molar-refractivity contribution in [2.24, 2.45) is 5.73 Å². The minimum absolute atomic E-state index is 0. The van der Waals surface area contributed by atoms with Crippen molar-refractivity contribution in [2.45, 2.75) is 13.5 Å². The van der Waals surface area contributed by atoms with Crippen molar-refractivity contribution in [3.63, 3.8) is 0 Å². The van der Waals surface area contributed by atoms with Gasteiger partial charge in [-0.05, 0) is 30.2 Å². The van der Waals surface area contributed by atoms with E-state index < -0.39 is 11.6 Å². The molecule has 0 bridgehead atoms. The van der Waals surface area contributed by atoms with E-state index in [2.05, 4.69) is 4.98 Å². The van der Waals surface area contributed by atoms with Gasteiger partial charge in [-0.25, -0.2) is 9.37 Å². The standard InChI is InChI=1S/C13H12F2N2O.ClH/c1-8-5-12(17-7-9(8)6-16)18-11-4-2-3-10(14)13(11)15;/h2-5,7H,6,16H2,1H3;1H. The summed E-state index contributed by atoms with van der Waals surface area (Å²) in [7, 11) is 0. The normalized spacial score (nSPS) is 9.89. The first-order valence-electron chi connectivity index (χ1n) is 5.39. The summed E-state index contributed by atoms with van der Waals surface area (Å²) in [5.74, 6) is -1.97. The van der Waals surface area contributed by atoms with Crippen LogP contribution >= 0.6 is 12.4 Å². The number of aryl methyl sites for hydroxylation is 1. The minimum atomic E-state index is -1.03. The van der Waals surface area contributed by atoms with Crippen LogP contribution in [0.5, 0.6) is 11.6 Å². The Morgan fingerprint density at radius 2 is 2.05 bits per heavy atom. The van der Waals surface area contributed by atoms with Crippen LogP contribution in [0.1, 0.15) is 11.1 Å². The number of ether oxygens (including phenoxy) is 1. The molecular weight excluding hydrogens is 274 g/mol. The number of nitrogens with zero attached hydrogens (tertiary/aromatic N) is 1. The summed E-state index contributed by atoms with van der Waals surface area (Å²) in [6, 6.07) is 5.37. The van der Waals surface area contributed by atoms with Gasteiger partial charge in [0.1, 0.15) is 0 Å². The van der Waals surface area contributed by atoms with Gasteiger partial charge in [0.25, 0.3) is 0 Å². The average Bonchev–Trinajstić information content (AvgIpc) is 2.35. The molecule has 0 unspecified atom stereocenters. The minimum Gasteiger partial charge on any atom is -0.436 e. The maximum Gasteiger partial charge on any atom is 0.219 e. The molecule has 1 heterocycles. The smallest absolute Gasteiger partial charge is 0.219 e. The largest absolute Gasteiger partial charge is 0.436 e. The fourth-order valence-electron chi connectivity index (χ4n) is 1.50. The van der Waals surface area contributed by atoms with Crippen LogP contribution < -0.4 is 10.5 Å². The summed E-state index contributed by atoms with van der Waals surface area (Å²) < 4.78 is 31.6. The monoisotopic (exact) mass is 286 g/mol. The predicted molar refractivity (Wildman–Crippen MR) is 70.5 cm³/mol. The van der Waals surface area contributed by atoms with Crippen LogP contribution in [0, 0.1) is 18.6 Å². The summed E-state index contributed by atoms with van der Waals surface area (Å²) in [4.78, 5) is 3.99. The van der Waals surface area contributed by atoms with E-state index in [0.29, 0.717) is 6.54 Å². The molecular formula is C13H13ClF2N2O. The Kier molecular flexibility index (Phi) is 5.20. The highest BCUT2D eigenvalue weighted by Crippen LogP contribution is 2.25. The molecule has 0 fully saturated rings. The summed E-state index contributed by atoms with van der Waals surface area (Å²) in [5, 5.41) is 0. The van der Waals surface area contributed by atoms with Crippen LogP contribution in [0.4, 0.5) is 8.78 Å². The third-order valence-corrected chi connectivity index (χ3v) is 2.54. The lowest BCUT2D eigenvalue weighted by Gasteiger charge is -2.08. The molecule has 0 saturated heterocycles. The lowest BCUT2D eigenvalue weighted by molar-refractivity contribution is 0.405. The van der Waals surface area contributed by atoms with E-state index in [4.69, 9.17) is 10.5 Å². The van der Waals surface area contributed by atoms with Crippen LogP contribution in [-0.4, -0.2) is 4.98 Å². The predicted octanol–water partition coefficient (Wildman–Crippen LogP) is 3.34. The highest BCUT2D eigenvalue weighted by Gasteiger charge is 2.10. The fourth-order valence-corrected chi connectivity index (χ4v) is 1.50. The van der Waals surface area contributed by atoms with Crippen LogP contribution in [0.15, 0.2) is 30.5 Å². The van der Waals surface area contributed by atoms with E-state index in [1.807, 2.05) is 6.92 Å². The molecule has 0 spiro atoms. The first-order chi connectivity index (χ1) is 8.61. The number of halogens is 3. The third kappa shape index (κ3) is 3.39. The molecule has 2 N–H and O–H groups in total. The molecule has 19 heavy (non-hydrogen) atoms. The molecule has 0 amide bonds. The molecule has 0 radical (unpaired) electrons. The molecule has 1 aromatic heterocycles. The van der Waals surface area contributed by atoms with Crippen molar-refractivity contribution < 1.29 is 13.5 Å². The van der Waals surface area contributed by atoms with Crippen LogP contribution in [0.2, 0.25) is 0 Å². The molecule has 3 nitrogen and oxygen atoms in total. The maximum absolute atomic E-state index is 13.4. The Bertz CT molecular complexity index is 579. The Hall–Kier alpha value is -1.72. The van der Waals surface area contributed by atoms with E-state index in [-0.39, 0.29) is 24.0 Å². The summed E-state index contributed by atoms with van der Waals surface area (Å²) in [5.41, 5.74) is 7.27. The lowest BCUT2D eigenvalue weighted by atomic mass is 10.1. The van der Waals surface area contributed by atoms with E-state index in [9.17, 15) is 8.78 Å². The van der Waals surface area contributed by atoms with Gasteiger partial charge in [0.05, 0.1) is 0 Å². The zero-order chi connectivity index (χ0) is 13.1. The van der Waals surface area contributed by atoms with E-state index >= 15 is 0 Å². The number of benzene rings is 1. The van der Waals surface area contributed by atoms with Crippen LogP contribution in [0.25, 0.3) is 0 Å². The van der Waals surface area contributed by atoms with E-state index in [1.165, 1.54) is 12.1 Å². The highest BCUT2D eigenvalue weighted by atomic mass is 35.5. The number of hydrogen-bond acceptors (Lipinski definition) is 3. The second-order valence-electron chi connectivity index (χ2n) is 3.81. The Balaban J connectivity index is 0.00000180. The van der Waals surface area contributed by atoms with Gasteiger partial charge >= 0.3 is 0 Å². The number of rotatable bonds is 3. The van der Waals surface area contributed by atoms with Gasteiger partial charge in [0.15, 0.2) is 11.6 Å². The number of hydrogen-bond donors (Lipinski definition) is 1. The van der Waals surface area contributed by atoms with Crippen molar-refractivity contribution in [3.8, 4) is 11.6 Å². The van der Waals surface area contributed by atoms with E-state index in [1.54, 1.807) is 12.3 Å². The third-order valence-electron chi connectivity index (χ3n) is 2.54. The number of nitrogens with two attached hydrogens (primary N) is 1. The van der Waals surface area contributed by atoms with Crippen molar-refractivity contribution in [2.75, 3.05) is 0 Å². The van der Waals surface area contributed by atoms with Gasteiger partial charge < -0.3 is 10.5 Å². The summed E-state index contributed by atoms with van der Waals surface area (Å²) >= 11 is 0. The first-order valence-corrected chi connectivity index (χ1v) is 5.39. The molecule has 0 saturated carbocycles. The van der Waals surface area contributed by atoms with Gasteiger partial charge in [-0.1, -0.05) is 6.07 Å². The molecule has 0 atom stereocenters.